The fraction of sp³-hybridized carbons (Fsp3) is 0.500. The van der Waals surface area contributed by atoms with Crippen LogP contribution in [0.2, 0.25) is 0 Å². The zero-order chi connectivity index (χ0) is 12.5. The average Bonchev–Trinajstić information content (AvgIpc) is 2.59. The molecule has 1 unspecified atom stereocenters. The lowest BCUT2D eigenvalue weighted by molar-refractivity contribution is 0.344. The van der Waals surface area contributed by atoms with Gasteiger partial charge in [-0.2, -0.15) is 0 Å². The van der Waals surface area contributed by atoms with Crippen molar-refractivity contribution >= 4 is 9.84 Å². The SMILES string of the molecule is NCC1(Cc2ccc(O)cc2)CCS(=O)(=O)C1. The zero-order valence-corrected chi connectivity index (χ0v) is 10.4. The second-order valence-corrected chi connectivity index (χ2v) is 7.07. The van der Waals surface area contributed by atoms with Gasteiger partial charge < -0.3 is 10.8 Å². The van der Waals surface area contributed by atoms with Gasteiger partial charge in [-0.05, 0) is 37.1 Å². The molecule has 1 aromatic carbocycles. The molecule has 0 saturated carbocycles. The molecular formula is C12H17NO3S. The average molecular weight is 255 g/mol. The number of phenols is 1. The van der Waals surface area contributed by atoms with Crippen molar-refractivity contribution in [2.45, 2.75) is 12.8 Å². The first-order chi connectivity index (χ1) is 7.95. The van der Waals surface area contributed by atoms with E-state index >= 15 is 0 Å². The first-order valence-electron chi connectivity index (χ1n) is 5.63. The van der Waals surface area contributed by atoms with Crippen LogP contribution in [0.5, 0.6) is 5.75 Å². The van der Waals surface area contributed by atoms with Crippen molar-refractivity contribution in [3.05, 3.63) is 29.8 Å². The second-order valence-electron chi connectivity index (χ2n) is 4.89. The summed E-state index contributed by atoms with van der Waals surface area (Å²) in [7, 11) is -2.92. The van der Waals surface area contributed by atoms with E-state index in [1.165, 1.54) is 0 Å². The quantitative estimate of drug-likeness (QED) is 0.833. The molecule has 0 spiro atoms. The Kier molecular flexibility index (Phi) is 3.14. The Hall–Kier alpha value is -1.07. The van der Waals surface area contributed by atoms with Crippen molar-refractivity contribution in [3.63, 3.8) is 0 Å². The van der Waals surface area contributed by atoms with Crippen molar-refractivity contribution in [2.24, 2.45) is 11.1 Å². The van der Waals surface area contributed by atoms with Crippen LogP contribution in [0.15, 0.2) is 24.3 Å². The van der Waals surface area contributed by atoms with Crippen molar-refractivity contribution < 1.29 is 13.5 Å². The monoisotopic (exact) mass is 255 g/mol. The summed E-state index contributed by atoms with van der Waals surface area (Å²) >= 11 is 0. The fourth-order valence-corrected chi connectivity index (χ4v) is 4.59. The first kappa shape index (κ1) is 12.4. The van der Waals surface area contributed by atoms with E-state index in [1.807, 2.05) is 12.1 Å². The van der Waals surface area contributed by atoms with Gasteiger partial charge in [-0.1, -0.05) is 12.1 Å². The van der Waals surface area contributed by atoms with Crippen molar-refractivity contribution in [1.29, 1.82) is 0 Å². The number of hydrogen-bond donors (Lipinski definition) is 2. The summed E-state index contributed by atoms with van der Waals surface area (Å²) in [5, 5.41) is 9.20. The minimum Gasteiger partial charge on any atom is -0.508 e. The molecule has 1 saturated heterocycles. The number of sulfone groups is 1. The van der Waals surface area contributed by atoms with E-state index < -0.39 is 9.84 Å². The Labute approximate surface area is 101 Å². The molecule has 5 heteroatoms. The smallest absolute Gasteiger partial charge is 0.150 e. The van der Waals surface area contributed by atoms with Crippen LogP contribution in [0, 0.1) is 5.41 Å². The summed E-state index contributed by atoms with van der Waals surface area (Å²) in [6, 6.07) is 6.86. The third kappa shape index (κ3) is 2.79. The maximum absolute atomic E-state index is 11.6. The Bertz CT molecular complexity index is 495. The second kappa shape index (κ2) is 4.31. The van der Waals surface area contributed by atoms with Crippen molar-refractivity contribution in [1.82, 2.24) is 0 Å². The molecule has 4 nitrogen and oxygen atoms in total. The summed E-state index contributed by atoms with van der Waals surface area (Å²) in [4.78, 5) is 0. The Balaban J connectivity index is 2.18. The number of hydrogen-bond acceptors (Lipinski definition) is 4. The minimum atomic E-state index is -2.92. The summed E-state index contributed by atoms with van der Waals surface area (Å²) in [6.45, 7) is 0.382. The molecule has 1 heterocycles. The molecule has 2 rings (SSSR count). The molecule has 1 aromatic rings. The molecule has 1 atom stereocenters. The highest BCUT2D eigenvalue weighted by atomic mass is 32.2. The molecule has 3 N–H and O–H groups in total. The van der Waals surface area contributed by atoms with Crippen LogP contribution in [0.25, 0.3) is 0 Å². The standard InChI is InChI=1S/C12H17NO3S/c13-8-12(5-6-17(15,16)9-12)7-10-1-3-11(14)4-2-10/h1-4,14H,5-9,13H2. The van der Waals surface area contributed by atoms with Gasteiger partial charge in [0.15, 0.2) is 9.84 Å². The third-order valence-electron chi connectivity index (χ3n) is 3.42. The molecular weight excluding hydrogens is 238 g/mol. The predicted octanol–water partition coefficient (Wildman–Crippen LogP) is 0.698. The van der Waals surface area contributed by atoms with Gasteiger partial charge in [0.25, 0.3) is 0 Å². The van der Waals surface area contributed by atoms with Gasteiger partial charge in [0, 0.05) is 5.41 Å². The molecule has 1 aliphatic rings. The number of nitrogens with two attached hydrogens (primary N) is 1. The highest BCUT2D eigenvalue weighted by Crippen LogP contribution is 2.35. The van der Waals surface area contributed by atoms with E-state index in [-0.39, 0.29) is 22.7 Å². The van der Waals surface area contributed by atoms with Crippen LogP contribution >= 0.6 is 0 Å². The van der Waals surface area contributed by atoms with E-state index in [0.717, 1.165) is 5.56 Å². The zero-order valence-electron chi connectivity index (χ0n) is 9.59. The van der Waals surface area contributed by atoms with E-state index in [4.69, 9.17) is 5.73 Å². The summed E-state index contributed by atoms with van der Waals surface area (Å²) in [5.74, 6) is 0.634. The molecule has 1 aliphatic heterocycles. The maximum Gasteiger partial charge on any atom is 0.150 e. The molecule has 94 valence electrons. The van der Waals surface area contributed by atoms with Crippen molar-refractivity contribution in [2.75, 3.05) is 18.1 Å². The fourth-order valence-electron chi connectivity index (χ4n) is 2.40. The number of aromatic hydroxyl groups is 1. The van der Waals surface area contributed by atoms with Gasteiger partial charge in [0.1, 0.15) is 5.75 Å². The van der Waals surface area contributed by atoms with Crippen molar-refractivity contribution in [3.8, 4) is 5.75 Å². The van der Waals surface area contributed by atoms with Crippen LogP contribution in [-0.4, -0.2) is 31.6 Å². The van der Waals surface area contributed by atoms with Gasteiger partial charge in [0.2, 0.25) is 0 Å². The van der Waals surface area contributed by atoms with Gasteiger partial charge in [0.05, 0.1) is 11.5 Å². The van der Waals surface area contributed by atoms with E-state index in [0.29, 0.717) is 19.4 Å². The van der Waals surface area contributed by atoms with Gasteiger partial charge in [-0.15, -0.1) is 0 Å². The van der Waals surface area contributed by atoms with E-state index in [2.05, 4.69) is 0 Å². The van der Waals surface area contributed by atoms with Gasteiger partial charge >= 0.3 is 0 Å². The lowest BCUT2D eigenvalue weighted by Crippen LogP contribution is -2.34. The normalized spacial score (nSPS) is 27.1. The van der Waals surface area contributed by atoms with Crippen LogP contribution in [0.4, 0.5) is 0 Å². The summed E-state index contributed by atoms with van der Waals surface area (Å²) < 4.78 is 23.1. The first-order valence-corrected chi connectivity index (χ1v) is 7.45. The van der Waals surface area contributed by atoms with Gasteiger partial charge in [-0.25, -0.2) is 8.42 Å². The summed E-state index contributed by atoms with van der Waals surface area (Å²) in [6.07, 6.45) is 1.29. The molecule has 0 amide bonds. The molecule has 0 aliphatic carbocycles. The third-order valence-corrected chi connectivity index (χ3v) is 5.30. The molecule has 0 radical (unpaired) electrons. The summed E-state index contributed by atoms with van der Waals surface area (Å²) in [5.41, 5.74) is 6.45. The number of rotatable bonds is 3. The number of benzene rings is 1. The van der Waals surface area contributed by atoms with Crippen LogP contribution in [-0.2, 0) is 16.3 Å². The Morgan fingerprint density at radius 3 is 2.41 bits per heavy atom. The molecule has 0 aromatic heterocycles. The van der Waals surface area contributed by atoms with Gasteiger partial charge in [-0.3, -0.25) is 0 Å². The van der Waals surface area contributed by atoms with Crippen LogP contribution < -0.4 is 5.73 Å². The topological polar surface area (TPSA) is 80.4 Å². The predicted molar refractivity (Wildman–Crippen MR) is 66.6 cm³/mol. The van der Waals surface area contributed by atoms with Crippen LogP contribution in [0.1, 0.15) is 12.0 Å². The van der Waals surface area contributed by atoms with Crippen LogP contribution in [0.3, 0.4) is 0 Å². The lowest BCUT2D eigenvalue weighted by Gasteiger charge is -2.25. The largest absolute Gasteiger partial charge is 0.508 e. The number of phenolic OH excluding ortho intramolecular Hbond substituents is 1. The lowest BCUT2D eigenvalue weighted by atomic mass is 9.81. The minimum absolute atomic E-state index is 0.178. The molecule has 17 heavy (non-hydrogen) atoms. The Morgan fingerprint density at radius 1 is 1.29 bits per heavy atom. The van der Waals surface area contributed by atoms with E-state index in [1.54, 1.807) is 12.1 Å². The van der Waals surface area contributed by atoms with E-state index in [9.17, 15) is 13.5 Å². The highest BCUT2D eigenvalue weighted by Gasteiger charge is 2.41. The molecule has 0 bridgehead atoms. The Morgan fingerprint density at radius 2 is 1.94 bits per heavy atom. The maximum atomic E-state index is 11.6. The highest BCUT2D eigenvalue weighted by molar-refractivity contribution is 7.91. The molecule has 1 fully saturated rings.